The monoisotopic (exact) mass is 265 g/mol. The fourth-order valence-electron chi connectivity index (χ4n) is 2.67. The van der Waals surface area contributed by atoms with E-state index in [9.17, 15) is 9.18 Å². The number of carbonyl (C=O) groups is 1. The highest BCUT2D eigenvalue weighted by Crippen LogP contribution is 2.25. The minimum Gasteiger partial charge on any atom is -0.339 e. The largest absolute Gasteiger partial charge is 0.339 e. The first-order valence-corrected chi connectivity index (χ1v) is 6.67. The fraction of sp³-hybridized carbons (Fsp3) is 0.500. The van der Waals surface area contributed by atoms with Gasteiger partial charge in [0.1, 0.15) is 5.82 Å². The van der Waals surface area contributed by atoms with Crippen molar-refractivity contribution >= 4 is 11.6 Å². The van der Waals surface area contributed by atoms with E-state index >= 15 is 0 Å². The molecule has 1 aromatic rings. The first kappa shape index (κ1) is 13.8. The van der Waals surface area contributed by atoms with Crippen LogP contribution in [0.1, 0.15) is 42.5 Å². The standard InChI is InChI=1S/C14H20FN3O/c1-18(10-6-3-2-4-7-10)14(19)11-8-5-9-12(15)13(11)17-16/h5,8-10,17H,2-4,6-7,16H2,1H3. The van der Waals surface area contributed by atoms with Gasteiger partial charge in [0.2, 0.25) is 0 Å². The van der Waals surface area contributed by atoms with Gasteiger partial charge in [-0.25, -0.2) is 4.39 Å². The quantitative estimate of drug-likeness (QED) is 0.652. The maximum atomic E-state index is 13.6. The van der Waals surface area contributed by atoms with Gasteiger partial charge in [0, 0.05) is 13.1 Å². The van der Waals surface area contributed by atoms with E-state index in [0.29, 0.717) is 0 Å². The van der Waals surface area contributed by atoms with E-state index in [2.05, 4.69) is 5.43 Å². The average Bonchev–Trinajstić information content (AvgIpc) is 2.46. The molecule has 1 aliphatic carbocycles. The molecule has 0 heterocycles. The Hall–Kier alpha value is -1.62. The summed E-state index contributed by atoms with van der Waals surface area (Å²) in [6.07, 6.45) is 5.56. The average molecular weight is 265 g/mol. The number of rotatable bonds is 3. The number of halogens is 1. The number of amides is 1. The maximum Gasteiger partial charge on any atom is 0.256 e. The number of hydrogen-bond donors (Lipinski definition) is 2. The van der Waals surface area contributed by atoms with E-state index in [4.69, 9.17) is 5.84 Å². The molecule has 0 aromatic heterocycles. The van der Waals surface area contributed by atoms with Gasteiger partial charge in [-0.15, -0.1) is 0 Å². The molecule has 1 amide bonds. The molecule has 0 unspecified atom stereocenters. The van der Waals surface area contributed by atoms with Gasteiger partial charge in [0.15, 0.2) is 0 Å². The predicted octanol–water partition coefficient (Wildman–Crippen LogP) is 2.52. The SMILES string of the molecule is CN(C(=O)c1cccc(F)c1NN)C1CCCCC1. The number of benzene rings is 1. The molecule has 19 heavy (non-hydrogen) atoms. The van der Waals surface area contributed by atoms with Crippen LogP contribution in [0.5, 0.6) is 0 Å². The molecule has 104 valence electrons. The van der Waals surface area contributed by atoms with Crippen molar-refractivity contribution in [3.63, 3.8) is 0 Å². The highest BCUT2D eigenvalue weighted by atomic mass is 19.1. The van der Waals surface area contributed by atoms with E-state index in [1.54, 1.807) is 18.0 Å². The number of hydrogen-bond acceptors (Lipinski definition) is 3. The molecule has 1 aliphatic rings. The maximum absolute atomic E-state index is 13.6. The Balaban J connectivity index is 2.21. The Morgan fingerprint density at radius 2 is 2.05 bits per heavy atom. The molecule has 1 aromatic carbocycles. The molecule has 0 bridgehead atoms. The van der Waals surface area contributed by atoms with Gasteiger partial charge in [-0.2, -0.15) is 0 Å². The third kappa shape index (κ3) is 2.87. The minimum atomic E-state index is -0.509. The lowest BCUT2D eigenvalue weighted by Crippen LogP contribution is -2.38. The number of nitrogens with zero attached hydrogens (tertiary/aromatic N) is 1. The van der Waals surface area contributed by atoms with Gasteiger partial charge < -0.3 is 10.3 Å². The molecule has 0 radical (unpaired) electrons. The number of hydrazine groups is 1. The molecule has 3 N–H and O–H groups in total. The van der Waals surface area contributed by atoms with Gasteiger partial charge in [0.05, 0.1) is 11.3 Å². The second-order valence-electron chi connectivity index (χ2n) is 5.01. The van der Waals surface area contributed by atoms with Crippen molar-refractivity contribution in [3.8, 4) is 0 Å². The zero-order valence-electron chi connectivity index (χ0n) is 11.2. The summed E-state index contributed by atoms with van der Waals surface area (Å²) in [7, 11) is 1.78. The van der Waals surface area contributed by atoms with Crippen LogP contribution in [-0.2, 0) is 0 Å². The van der Waals surface area contributed by atoms with E-state index in [-0.39, 0.29) is 23.2 Å². The number of anilines is 1. The van der Waals surface area contributed by atoms with Gasteiger partial charge in [-0.05, 0) is 25.0 Å². The van der Waals surface area contributed by atoms with Crippen molar-refractivity contribution in [3.05, 3.63) is 29.6 Å². The predicted molar refractivity (Wildman–Crippen MR) is 73.2 cm³/mol. The highest BCUT2D eigenvalue weighted by molar-refractivity contribution is 5.99. The lowest BCUT2D eigenvalue weighted by molar-refractivity contribution is 0.0697. The third-order valence-electron chi connectivity index (χ3n) is 3.83. The van der Waals surface area contributed by atoms with Crippen LogP contribution < -0.4 is 11.3 Å². The number of carbonyl (C=O) groups excluding carboxylic acids is 1. The molecule has 5 heteroatoms. The first-order valence-electron chi connectivity index (χ1n) is 6.67. The summed E-state index contributed by atoms with van der Waals surface area (Å²) in [6, 6.07) is 4.65. The lowest BCUT2D eigenvalue weighted by Gasteiger charge is -2.31. The van der Waals surface area contributed by atoms with E-state index in [0.717, 1.165) is 25.7 Å². The second kappa shape index (κ2) is 6.02. The minimum absolute atomic E-state index is 0.0650. The van der Waals surface area contributed by atoms with Crippen molar-refractivity contribution in [1.29, 1.82) is 0 Å². The molecule has 0 atom stereocenters. The molecule has 2 rings (SSSR count). The van der Waals surface area contributed by atoms with Crippen molar-refractivity contribution in [1.82, 2.24) is 4.90 Å². The number of nitrogen functional groups attached to an aromatic ring is 1. The van der Waals surface area contributed by atoms with Crippen LogP contribution in [-0.4, -0.2) is 23.9 Å². The van der Waals surface area contributed by atoms with Crippen LogP contribution in [0.4, 0.5) is 10.1 Å². The Morgan fingerprint density at radius 1 is 1.37 bits per heavy atom. The summed E-state index contributed by atoms with van der Waals surface area (Å²) < 4.78 is 13.6. The summed E-state index contributed by atoms with van der Waals surface area (Å²) in [5.41, 5.74) is 2.63. The zero-order chi connectivity index (χ0) is 13.8. The van der Waals surface area contributed by atoms with Crippen molar-refractivity contribution in [2.75, 3.05) is 12.5 Å². The number of nitrogens with one attached hydrogen (secondary N) is 1. The first-order chi connectivity index (χ1) is 9.15. The molecule has 0 spiro atoms. The number of nitrogens with two attached hydrogens (primary N) is 1. The van der Waals surface area contributed by atoms with Gasteiger partial charge in [-0.1, -0.05) is 25.3 Å². The number of para-hydroxylation sites is 1. The fourth-order valence-corrected chi connectivity index (χ4v) is 2.67. The van der Waals surface area contributed by atoms with Crippen molar-refractivity contribution in [2.45, 2.75) is 38.1 Å². The highest BCUT2D eigenvalue weighted by Gasteiger charge is 2.25. The molecule has 0 saturated heterocycles. The van der Waals surface area contributed by atoms with Crippen LogP contribution in [0.15, 0.2) is 18.2 Å². The molecular weight excluding hydrogens is 245 g/mol. The summed E-state index contributed by atoms with van der Waals surface area (Å²) in [6.45, 7) is 0. The molecule has 1 fully saturated rings. The topological polar surface area (TPSA) is 58.4 Å². The summed E-state index contributed by atoms with van der Waals surface area (Å²) in [4.78, 5) is 14.2. The molecule has 1 saturated carbocycles. The summed E-state index contributed by atoms with van der Waals surface area (Å²) in [5, 5.41) is 0. The normalized spacial score (nSPS) is 16.2. The van der Waals surface area contributed by atoms with Gasteiger partial charge in [-0.3, -0.25) is 10.6 Å². The molecular formula is C14H20FN3O. The Labute approximate surface area is 112 Å². The Bertz CT molecular complexity index is 458. The lowest BCUT2D eigenvalue weighted by atomic mass is 9.94. The van der Waals surface area contributed by atoms with Crippen molar-refractivity contribution in [2.24, 2.45) is 5.84 Å². The van der Waals surface area contributed by atoms with Crippen LogP contribution >= 0.6 is 0 Å². The summed E-state index contributed by atoms with van der Waals surface area (Å²) in [5.74, 6) is 4.62. The Morgan fingerprint density at radius 3 is 2.68 bits per heavy atom. The smallest absolute Gasteiger partial charge is 0.256 e. The van der Waals surface area contributed by atoms with Crippen LogP contribution in [0.25, 0.3) is 0 Å². The Kier molecular flexibility index (Phi) is 4.37. The third-order valence-corrected chi connectivity index (χ3v) is 3.83. The van der Waals surface area contributed by atoms with E-state index in [1.165, 1.54) is 18.6 Å². The summed E-state index contributed by atoms with van der Waals surface area (Å²) >= 11 is 0. The van der Waals surface area contributed by atoms with Crippen molar-refractivity contribution < 1.29 is 9.18 Å². The van der Waals surface area contributed by atoms with Crippen LogP contribution in [0, 0.1) is 5.82 Å². The second-order valence-corrected chi connectivity index (χ2v) is 5.01. The zero-order valence-corrected chi connectivity index (χ0v) is 11.2. The van der Waals surface area contributed by atoms with Crippen LogP contribution in [0.2, 0.25) is 0 Å². The molecule has 4 nitrogen and oxygen atoms in total. The van der Waals surface area contributed by atoms with E-state index in [1.807, 2.05) is 0 Å². The van der Waals surface area contributed by atoms with E-state index < -0.39 is 5.82 Å². The van der Waals surface area contributed by atoms with Gasteiger partial charge in [0.25, 0.3) is 5.91 Å². The van der Waals surface area contributed by atoms with Crippen LogP contribution in [0.3, 0.4) is 0 Å². The van der Waals surface area contributed by atoms with Gasteiger partial charge >= 0.3 is 0 Å². The molecule has 0 aliphatic heterocycles.